The normalized spacial score (nSPS) is 14.3. The van der Waals surface area contributed by atoms with Crippen LogP contribution in [0.2, 0.25) is 0 Å². The molecule has 0 radical (unpaired) electrons. The molecule has 0 aliphatic carbocycles. The maximum absolute atomic E-state index is 15.2. The van der Waals surface area contributed by atoms with E-state index in [-0.39, 0.29) is 23.1 Å². The third-order valence-electron chi connectivity index (χ3n) is 7.09. The largest absolute Gasteiger partial charge is 0.573 e. The number of nitrogens with one attached hydrogen (secondary N) is 1. The SMILES string of the molecule is COc1ccc(C(C)C)c(-n2c(C)cs/c2=N\C(O)NC(F)C(F)c2ccc(-c3ncn(-c4ccc(OC(F)(F)F)cc4)n3)cc2)c1. The molecule has 0 amide bonds. The molecule has 0 saturated carbocycles. The van der Waals surface area contributed by atoms with Crippen LogP contribution in [0, 0.1) is 6.92 Å². The predicted octanol–water partition coefficient (Wildman–Crippen LogP) is 6.90. The van der Waals surface area contributed by atoms with Gasteiger partial charge in [-0.2, -0.15) is 0 Å². The summed E-state index contributed by atoms with van der Waals surface area (Å²) in [5, 5.41) is 18.9. The minimum Gasteiger partial charge on any atom is -0.497 e. The number of alkyl halides is 5. The van der Waals surface area contributed by atoms with Gasteiger partial charge in [0.05, 0.1) is 18.5 Å². The molecule has 0 spiro atoms. The highest BCUT2D eigenvalue weighted by atomic mass is 32.1. The monoisotopic (exact) mass is 674 g/mol. The van der Waals surface area contributed by atoms with E-state index in [4.69, 9.17) is 4.74 Å². The molecule has 9 nitrogen and oxygen atoms in total. The lowest BCUT2D eigenvalue weighted by Gasteiger charge is -2.18. The smallest absolute Gasteiger partial charge is 0.497 e. The molecule has 5 aromatic rings. The summed E-state index contributed by atoms with van der Waals surface area (Å²) in [4.78, 5) is 8.80. The molecule has 2 aromatic heterocycles. The lowest BCUT2D eigenvalue weighted by Crippen LogP contribution is -2.38. The van der Waals surface area contributed by atoms with Crippen LogP contribution in [-0.4, -0.2) is 50.6 Å². The van der Waals surface area contributed by atoms with Gasteiger partial charge < -0.3 is 14.6 Å². The number of rotatable bonds is 11. The molecule has 47 heavy (non-hydrogen) atoms. The van der Waals surface area contributed by atoms with E-state index in [0.29, 0.717) is 21.8 Å². The van der Waals surface area contributed by atoms with Crippen molar-refractivity contribution in [3.63, 3.8) is 0 Å². The van der Waals surface area contributed by atoms with E-state index < -0.39 is 25.2 Å². The fourth-order valence-electron chi connectivity index (χ4n) is 4.78. The Morgan fingerprint density at radius 1 is 0.979 bits per heavy atom. The highest BCUT2D eigenvalue weighted by Crippen LogP contribution is 2.29. The third kappa shape index (κ3) is 8.04. The van der Waals surface area contributed by atoms with Gasteiger partial charge in [0.1, 0.15) is 17.8 Å². The predicted molar refractivity (Wildman–Crippen MR) is 166 cm³/mol. The number of nitrogens with zero attached hydrogens (tertiary/aromatic N) is 5. The van der Waals surface area contributed by atoms with Crippen LogP contribution in [0.15, 0.2) is 83.4 Å². The van der Waals surface area contributed by atoms with Gasteiger partial charge in [0, 0.05) is 22.7 Å². The second-order valence-corrected chi connectivity index (χ2v) is 11.6. The Kier molecular flexibility index (Phi) is 10.1. The summed E-state index contributed by atoms with van der Waals surface area (Å²) >= 11 is 1.25. The van der Waals surface area contributed by atoms with E-state index in [2.05, 4.69) is 25.1 Å². The molecule has 0 aliphatic heterocycles. The standard InChI is InChI=1S/C32H31F5N6O3S/c1-18(2)25-14-13-24(45-4)15-26(25)43-19(3)16-47-31(43)40-30(44)39-28(34)27(33)20-5-7-21(8-6-20)29-38-17-42(41-29)22-9-11-23(12-10-22)46-32(35,36)37/h5-18,27-28,30,39,44H,1-4H3/b40-31-. The fraction of sp³-hybridized carbons (Fsp3) is 0.281. The molecule has 3 aromatic carbocycles. The minimum absolute atomic E-state index is 0.000578. The summed E-state index contributed by atoms with van der Waals surface area (Å²) in [5.41, 5.74) is 3.58. The molecule has 3 atom stereocenters. The number of aliphatic hydroxyl groups excluding tert-OH is 1. The number of thiazole rings is 1. The number of methoxy groups -OCH3 is 1. The quantitative estimate of drug-likeness (QED) is 0.0899. The fourth-order valence-corrected chi connectivity index (χ4v) is 5.67. The van der Waals surface area contributed by atoms with Gasteiger partial charge in [-0.1, -0.05) is 44.2 Å². The van der Waals surface area contributed by atoms with Crippen LogP contribution in [0.25, 0.3) is 22.8 Å². The lowest BCUT2D eigenvalue weighted by atomic mass is 10.0. The molecule has 2 N–H and O–H groups in total. The molecule has 2 heterocycles. The summed E-state index contributed by atoms with van der Waals surface area (Å²) in [6.45, 7) is 5.98. The van der Waals surface area contributed by atoms with Crippen molar-refractivity contribution in [1.29, 1.82) is 0 Å². The maximum atomic E-state index is 15.2. The van der Waals surface area contributed by atoms with Gasteiger partial charge in [0.2, 0.25) is 6.35 Å². The van der Waals surface area contributed by atoms with E-state index in [1.54, 1.807) is 7.11 Å². The van der Waals surface area contributed by atoms with E-state index in [0.717, 1.165) is 29.1 Å². The Morgan fingerprint density at radius 3 is 2.30 bits per heavy atom. The first-order valence-electron chi connectivity index (χ1n) is 14.3. The molecule has 0 fully saturated rings. The van der Waals surface area contributed by atoms with Crippen molar-refractivity contribution < 1.29 is 36.5 Å². The van der Waals surface area contributed by atoms with Crippen molar-refractivity contribution in [2.45, 2.75) is 51.9 Å². The zero-order chi connectivity index (χ0) is 33.9. The van der Waals surface area contributed by atoms with Gasteiger partial charge in [0.25, 0.3) is 0 Å². The summed E-state index contributed by atoms with van der Waals surface area (Å²) in [6.07, 6.45) is -9.62. The van der Waals surface area contributed by atoms with Gasteiger partial charge in [-0.25, -0.2) is 28.8 Å². The van der Waals surface area contributed by atoms with Crippen LogP contribution in [0.1, 0.15) is 42.8 Å². The van der Waals surface area contributed by atoms with E-state index in [1.165, 1.54) is 58.7 Å². The Labute approximate surface area is 270 Å². The number of benzene rings is 3. The lowest BCUT2D eigenvalue weighted by molar-refractivity contribution is -0.274. The van der Waals surface area contributed by atoms with Crippen LogP contribution in [0.3, 0.4) is 0 Å². The van der Waals surface area contributed by atoms with Crippen molar-refractivity contribution in [2.24, 2.45) is 4.99 Å². The first kappa shape index (κ1) is 33.8. The van der Waals surface area contributed by atoms with Gasteiger partial charge in [-0.05, 0) is 54.3 Å². The zero-order valence-electron chi connectivity index (χ0n) is 25.6. The Morgan fingerprint density at radius 2 is 1.66 bits per heavy atom. The molecule has 3 unspecified atom stereocenters. The van der Waals surface area contributed by atoms with Crippen LogP contribution in [0.4, 0.5) is 22.0 Å². The number of ether oxygens (including phenoxy) is 2. The molecule has 15 heteroatoms. The number of hydrogen-bond acceptors (Lipinski definition) is 8. The van der Waals surface area contributed by atoms with Crippen LogP contribution < -0.4 is 19.6 Å². The third-order valence-corrected chi connectivity index (χ3v) is 8.05. The Balaban J connectivity index is 1.27. The zero-order valence-corrected chi connectivity index (χ0v) is 26.4. The molecule has 0 saturated heterocycles. The summed E-state index contributed by atoms with van der Waals surface area (Å²) in [7, 11) is 1.57. The molecular weight excluding hydrogens is 643 g/mol. The van der Waals surface area contributed by atoms with Gasteiger partial charge in [-0.15, -0.1) is 29.6 Å². The summed E-state index contributed by atoms with van der Waals surface area (Å²) < 4.78 is 79.9. The van der Waals surface area contributed by atoms with Crippen LogP contribution in [0.5, 0.6) is 11.5 Å². The topological polar surface area (TPSA) is 98.7 Å². The Bertz CT molecular complexity index is 1870. The highest BCUT2D eigenvalue weighted by Gasteiger charge is 2.31. The number of aliphatic hydroxyl groups is 1. The first-order chi connectivity index (χ1) is 22.3. The van der Waals surface area contributed by atoms with Crippen molar-refractivity contribution in [2.75, 3.05) is 7.11 Å². The van der Waals surface area contributed by atoms with E-state index in [9.17, 15) is 18.3 Å². The van der Waals surface area contributed by atoms with Crippen molar-refractivity contribution in [1.82, 2.24) is 24.6 Å². The van der Waals surface area contributed by atoms with E-state index in [1.807, 2.05) is 48.9 Å². The van der Waals surface area contributed by atoms with E-state index >= 15 is 8.78 Å². The van der Waals surface area contributed by atoms with Crippen molar-refractivity contribution >= 4 is 11.3 Å². The second-order valence-electron chi connectivity index (χ2n) is 10.7. The molecule has 0 bridgehead atoms. The molecular formula is C32H31F5N6O3S. The Hall–Kier alpha value is -4.60. The molecule has 5 rings (SSSR count). The van der Waals surface area contributed by atoms with Crippen LogP contribution >= 0.6 is 11.3 Å². The average molecular weight is 675 g/mol. The number of halogens is 5. The number of hydrogen-bond donors (Lipinski definition) is 2. The van der Waals surface area contributed by atoms with Gasteiger partial charge in [-0.3, -0.25) is 4.57 Å². The number of aromatic nitrogens is 4. The summed E-state index contributed by atoms with van der Waals surface area (Å²) in [6, 6.07) is 16.5. The second kappa shape index (κ2) is 14.0. The minimum atomic E-state index is -4.80. The van der Waals surface area contributed by atoms with Crippen molar-refractivity contribution in [3.8, 4) is 34.3 Å². The maximum Gasteiger partial charge on any atom is 0.573 e. The average Bonchev–Trinajstić information content (AvgIpc) is 3.67. The van der Waals surface area contributed by atoms with Gasteiger partial charge >= 0.3 is 6.36 Å². The molecule has 0 aliphatic rings. The summed E-state index contributed by atoms with van der Waals surface area (Å²) in [5.74, 6) is 0.683. The van der Waals surface area contributed by atoms with Gasteiger partial charge in [0.15, 0.2) is 23.1 Å². The van der Waals surface area contributed by atoms with Crippen LogP contribution in [-0.2, 0) is 0 Å². The van der Waals surface area contributed by atoms with Crippen molar-refractivity contribution in [3.05, 3.63) is 100 Å². The first-order valence-corrected chi connectivity index (χ1v) is 15.2. The highest BCUT2D eigenvalue weighted by molar-refractivity contribution is 7.07. The molecule has 248 valence electrons. The number of aryl methyl sites for hydroxylation is 1.